The summed E-state index contributed by atoms with van der Waals surface area (Å²) in [5.41, 5.74) is 4.74. The minimum absolute atomic E-state index is 0.120. The Morgan fingerprint density at radius 3 is 2.79 bits per heavy atom. The van der Waals surface area contributed by atoms with Gasteiger partial charge in [-0.1, -0.05) is 36.9 Å². The number of fused-ring (bicyclic) bond motifs is 2. The monoisotopic (exact) mass is 452 g/mol. The molecule has 1 aromatic heterocycles. The molecule has 2 aromatic carbocycles. The van der Waals surface area contributed by atoms with E-state index in [1.165, 1.54) is 33.7 Å². The smallest absolute Gasteiger partial charge is 0.246 e. The molecule has 7 heteroatoms. The number of carbonyl (C=O) groups is 1. The van der Waals surface area contributed by atoms with E-state index in [9.17, 15) is 10.1 Å². The Balaban J connectivity index is 1.42. The highest BCUT2D eigenvalue weighted by molar-refractivity contribution is 5.97. The maximum Gasteiger partial charge on any atom is 0.246 e. The highest BCUT2D eigenvalue weighted by atomic mass is 16.2. The second-order valence-corrected chi connectivity index (χ2v) is 8.94. The van der Waals surface area contributed by atoms with Gasteiger partial charge in [0, 0.05) is 42.8 Å². The van der Waals surface area contributed by atoms with E-state index in [0.717, 1.165) is 31.0 Å². The third kappa shape index (κ3) is 3.86. The van der Waals surface area contributed by atoms with Gasteiger partial charge in [0.2, 0.25) is 5.91 Å². The quantitative estimate of drug-likeness (QED) is 0.563. The van der Waals surface area contributed by atoms with Crippen molar-refractivity contribution >= 4 is 28.2 Å². The highest BCUT2D eigenvalue weighted by Crippen LogP contribution is 2.34. The molecule has 172 valence electrons. The van der Waals surface area contributed by atoms with E-state index in [2.05, 4.69) is 75.7 Å². The molecule has 1 atom stereocenters. The number of nitrogens with zero attached hydrogens (tertiary/aromatic N) is 6. The molecule has 0 spiro atoms. The predicted molar refractivity (Wildman–Crippen MR) is 134 cm³/mol. The Morgan fingerprint density at radius 1 is 1.18 bits per heavy atom. The third-order valence-corrected chi connectivity index (χ3v) is 6.98. The summed E-state index contributed by atoms with van der Waals surface area (Å²) in [7, 11) is 0. The molecule has 2 aliphatic rings. The first-order valence-electron chi connectivity index (χ1n) is 11.7. The molecule has 3 aromatic rings. The average Bonchev–Trinajstić information content (AvgIpc) is 2.87. The number of amides is 1. The fourth-order valence-electron chi connectivity index (χ4n) is 5.32. The lowest BCUT2D eigenvalue weighted by molar-refractivity contribution is -0.128. The van der Waals surface area contributed by atoms with Gasteiger partial charge in [0.05, 0.1) is 30.8 Å². The Kier molecular flexibility index (Phi) is 5.89. The van der Waals surface area contributed by atoms with Crippen LogP contribution in [-0.4, -0.2) is 53.0 Å². The highest BCUT2D eigenvalue weighted by Gasteiger charge is 2.32. The summed E-state index contributed by atoms with van der Waals surface area (Å²) in [5, 5.41) is 11.9. The zero-order chi connectivity index (χ0) is 23.7. The van der Waals surface area contributed by atoms with Gasteiger partial charge in [-0.05, 0) is 36.4 Å². The minimum Gasteiger partial charge on any atom is -0.365 e. The van der Waals surface area contributed by atoms with Crippen LogP contribution in [0.5, 0.6) is 0 Å². The molecule has 3 heterocycles. The number of anilines is 2. The Bertz CT molecular complexity index is 1290. The number of aryl methyl sites for hydroxylation is 1. The average molecular weight is 453 g/mol. The SMILES string of the molecule is C=CC(=O)N1CCN(c2ncnc3c2CCN(c2cccc4cccc(C)c24)C3)CC1CC#N. The summed E-state index contributed by atoms with van der Waals surface area (Å²) in [6.07, 6.45) is 4.11. The number of carbonyl (C=O) groups excluding carboxylic acids is 1. The molecule has 1 fully saturated rings. The molecule has 0 aliphatic carbocycles. The molecule has 0 radical (unpaired) electrons. The molecule has 1 saturated heterocycles. The van der Waals surface area contributed by atoms with Crippen LogP contribution in [0, 0.1) is 18.3 Å². The van der Waals surface area contributed by atoms with Crippen molar-refractivity contribution in [3.63, 3.8) is 0 Å². The van der Waals surface area contributed by atoms with E-state index >= 15 is 0 Å². The van der Waals surface area contributed by atoms with Crippen LogP contribution < -0.4 is 9.80 Å². The van der Waals surface area contributed by atoms with Crippen LogP contribution in [0.25, 0.3) is 10.8 Å². The van der Waals surface area contributed by atoms with Gasteiger partial charge in [-0.15, -0.1) is 0 Å². The van der Waals surface area contributed by atoms with Crippen LogP contribution in [-0.2, 0) is 17.8 Å². The Morgan fingerprint density at radius 2 is 2.00 bits per heavy atom. The van der Waals surface area contributed by atoms with Crippen molar-refractivity contribution in [2.24, 2.45) is 0 Å². The minimum atomic E-state index is -0.173. The van der Waals surface area contributed by atoms with Crippen LogP contribution in [0.3, 0.4) is 0 Å². The second-order valence-electron chi connectivity index (χ2n) is 8.94. The van der Waals surface area contributed by atoms with Crippen molar-refractivity contribution < 1.29 is 4.79 Å². The molecule has 1 amide bonds. The van der Waals surface area contributed by atoms with Gasteiger partial charge in [-0.3, -0.25) is 4.79 Å². The molecule has 1 unspecified atom stereocenters. The first-order valence-corrected chi connectivity index (χ1v) is 11.7. The van der Waals surface area contributed by atoms with Crippen molar-refractivity contribution in [3.05, 3.63) is 72.2 Å². The fraction of sp³-hybridized carbons (Fsp3) is 0.333. The van der Waals surface area contributed by atoms with Crippen LogP contribution in [0.15, 0.2) is 55.4 Å². The lowest BCUT2D eigenvalue weighted by Gasteiger charge is -2.42. The molecule has 2 aliphatic heterocycles. The summed E-state index contributed by atoms with van der Waals surface area (Å²) >= 11 is 0. The van der Waals surface area contributed by atoms with Crippen molar-refractivity contribution in [1.29, 1.82) is 5.26 Å². The van der Waals surface area contributed by atoms with E-state index < -0.39 is 0 Å². The maximum atomic E-state index is 12.3. The first-order chi connectivity index (χ1) is 16.6. The number of piperazine rings is 1. The lowest BCUT2D eigenvalue weighted by Crippen LogP contribution is -2.55. The fourth-order valence-corrected chi connectivity index (χ4v) is 5.32. The molecular weight excluding hydrogens is 424 g/mol. The lowest BCUT2D eigenvalue weighted by atomic mass is 9.99. The molecule has 7 nitrogen and oxygen atoms in total. The normalized spacial score (nSPS) is 17.9. The summed E-state index contributed by atoms with van der Waals surface area (Å²) < 4.78 is 0. The molecule has 0 bridgehead atoms. The van der Waals surface area contributed by atoms with Crippen LogP contribution in [0.4, 0.5) is 11.5 Å². The zero-order valence-electron chi connectivity index (χ0n) is 19.4. The zero-order valence-corrected chi connectivity index (χ0v) is 19.4. The van der Waals surface area contributed by atoms with Gasteiger partial charge in [-0.25, -0.2) is 9.97 Å². The van der Waals surface area contributed by atoms with Gasteiger partial charge in [0.15, 0.2) is 0 Å². The summed E-state index contributed by atoms with van der Waals surface area (Å²) in [4.78, 5) is 28.0. The van der Waals surface area contributed by atoms with Crippen molar-refractivity contribution in [3.8, 4) is 6.07 Å². The first kappa shape index (κ1) is 21.9. The van der Waals surface area contributed by atoms with Gasteiger partial charge in [0.1, 0.15) is 12.1 Å². The summed E-state index contributed by atoms with van der Waals surface area (Å²) in [6.45, 7) is 9.21. The van der Waals surface area contributed by atoms with Crippen molar-refractivity contribution in [2.45, 2.75) is 32.4 Å². The van der Waals surface area contributed by atoms with E-state index in [1.807, 2.05) is 0 Å². The largest absolute Gasteiger partial charge is 0.365 e. The molecule has 5 rings (SSSR count). The van der Waals surface area contributed by atoms with Gasteiger partial charge in [-0.2, -0.15) is 5.26 Å². The second kappa shape index (κ2) is 9.14. The predicted octanol–water partition coefficient (Wildman–Crippen LogP) is 3.62. The number of hydrogen-bond acceptors (Lipinski definition) is 6. The number of aromatic nitrogens is 2. The van der Waals surface area contributed by atoms with Crippen LogP contribution in [0.2, 0.25) is 0 Å². The van der Waals surface area contributed by atoms with E-state index in [0.29, 0.717) is 19.6 Å². The van der Waals surface area contributed by atoms with Gasteiger partial charge >= 0.3 is 0 Å². The van der Waals surface area contributed by atoms with E-state index in [-0.39, 0.29) is 18.4 Å². The number of hydrogen-bond donors (Lipinski definition) is 0. The molecule has 0 N–H and O–H groups in total. The molecular formula is C27H28N6O. The number of rotatable bonds is 4. The van der Waals surface area contributed by atoms with Gasteiger partial charge in [0.25, 0.3) is 0 Å². The van der Waals surface area contributed by atoms with Crippen LogP contribution >= 0.6 is 0 Å². The standard InChI is InChI=1S/C27H28N6O/c1-3-25(34)33-15-14-32(16-21(33)10-12-28)27-22-11-13-31(17-23(22)29-18-30-27)24-9-5-8-20-7-4-6-19(2)26(20)24/h3-9,18,21H,1,10-11,13-17H2,2H3. The number of benzene rings is 2. The Labute approximate surface area is 199 Å². The molecule has 34 heavy (non-hydrogen) atoms. The van der Waals surface area contributed by atoms with Crippen molar-refractivity contribution in [1.82, 2.24) is 14.9 Å². The summed E-state index contributed by atoms with van der Waals surface area (Å²) in [5.74, 6) is 0.818. The van der Waals surface area contributed by atoms with E-state index in [1.54, 1.807) is 11.2 Å². The van der Waals surface area contributed by atoms with Gasteiger partial charge < -0.3 is 14.7 Å². The van der Waals surface area contributed by atoms with Crippen molar-refractivity contribution in [2.75, 3.05) is 36.0 Å². The summed E-state index contributed by atoms with van der Waals surface area (Å²) in [6, 6.07) is 15.0. The maximum absolute atomic E-state index is 12.3. The molecule has 0 saturated carbocycles. The van der Waals surface area contributed by atoms with Crippen LogP contribution in [0.1, 0.15) is 23.2 Å². The van der Waals surface area contributed by atoms with E-state index in [4.69, 9.17) is 0 Å². The third-order valence-electron chi connectivity index (χ3n) is 6.98. The number of nitriles is 1. The topological polar surface area (TPSA) is 76.4 Å². The Hall–Kier alpha value is -3.92.